The number of hydrogen-bond acceptors (Lipinski definition) is 3. The van der Waals surface area contributed by atoms with Gasteiger partial charge in [-0.2, -0.15) is 0 Å². The molecule has 1 aliphatic rings. The van der Waals surface area contributed by atoms with Gasteiger partial charge in [-0.05, 0) is 37.6 Å². The molecule has 1 saturated heterocycles. The van der Waals surface area contributed by atoms with Crippen LogP contribution in [-0.4, -0.2) is 36.5 Å². The Morgan fingerprint density at radius 3 is 2.96 bits per heavy atom. The highest BCUT2D eigenvalue weighted by Crippen LogP contribution is 2.22. The van der Waals surface area contributed by atoms with Crippen molar-refractivity contribution < 1.29 is 9.18 Å². The Labute approximate surface area is 148 Å². The van der Waals surface area contributed by atoms with Crippen molar-refractivity contribution in [3.63, 3.8) is 0 Å². The quantitative estimate of drug-likeness (QED) is 0.816. The van der Waals surface area contributed by atoms with Crippen LogP contribution in [0.15, 0.2) is 18.2 Å². The minimum atomic E-state index is -0.235. The summed E-state index contributed by atoms with van der Waals surface area (Å²) in [5, 5.41) is 3.46. The first kappa shape index (κ1) is 20.2. The van der Waals surface area contributed by atoms with Gasteiger partial charge in [-0.25, -0.2) is 4.39 Å². The van der Waals surface area contributed by atoms with Crippen LogP contribution in [0.1, 0.15) is 31.2 Å². The van der Waals surface area contributed by atoms with Gasteiger partial charge in [0.2, 0.25) is 5.91 Å². The lowest BCUT2D eigenvalue weighted by molar-refractivity contribution is -0.121. The number of likely N-dealkylation sites (tertiary alicyclic amines) is 1. The van der Waals surface area contributed by atoms with Gasteiger partial charge in [0.05, 0.1) is 0 Å². The highest BCUT2D eigenvalue weighted by Gasteiger charge is 2.23. The summed E-state index contributed by atoms with van der Waals surface area (Å²) in [5.41, 5.74) is 5.98. The second-order valence-electron chi connectivity index (χ2n) is 5.70. The zero-order valence-corrected chi connectivity index (χ0v) is 14.6. The first-order valence-electron chi connectivity index (χ1n) is 7.75. The number of nitrogens with zero attached hydrogens (tertiary/aromatic N) is 1. The molecule has 23 heavy (non-hydrogen) atoms. The first-order valence-corrected chi connectivity index (χ1v) is 8.12. The van der Waals surface area contributed by atoms with Crippen molar-refractivity contribution in [3.8, 4) is 0 Å². The molecule has 1 aromatic carbocycles. The summed E-state index contributed by atoms with van der Waals surface area (Å²) in [5.74, 6) is -0.261. The summed E-state index contributed by atoms with van der Waals surface area (Å²) in [4.78, 5) is 13.8. The molecule has 1 amide bonds. The monoisotopic (exact) mass is 363 g/mol. The summed E-state index contributed by atoms with van der Waals surface area (Å²) in [6.07, 6.45) is 3.57. The highest BCUT2D eigenvalue weighted by molar-refractivity contribution is 6.30. The molecule has 1 unspecified atom stereocenters. The molecule has 1 aromatic rings. The summed E-state index contributed by atoms with van der Waals surface area (Å²) in [6.45, 7) is 2.36. The number of carbonyl (C=O) groups is 1. The largest absolute Gasteiger partial charge is 0.354 e. The molecule has 1 atom stereocenters. The van der Waals surface area contributed by atoms with Gasteiger partial charge in [0.25, 0.3) is 0 Å². The van der Waals surface area contributed by atoms with Gasteiger partial charge in [0.1, 0.15) is 5.82 Å². The Hall–Kier alpha value is -0.880. The normalized spacial score (nSPS) is 18.3. The Bertz CT molecular complexity index is 516. The number of nitrogens with two attached hydrogens (primary N) is 1. The van der Waals surface area contributed by atoms with Crippen molar-refractivity contribution in [1.82, 2.24) is 10.2 Å². The number of nitrogens with one attached hydrogen (secondary N) is 1. The second kappa shape index (κ2) is 10.1. The summed E-state index contributed by atoms with van der Waals surface area (Å²) >= 11 is 5.95. The van der Waals surface area contributed by atoms with E-state index in [1.54, 1.807) is 12.1 Å². The maximum absolute atomic E-state index is 13.9. The van der Waals surface area contributed by atoms with Gasteiger partial charge in [-0.3, -0.25) is 9.69 Å². The van der Waals surface area contributed by atoms with Gasteiger partial charge < -0.3 is 11.1 Å². The number of amides is 1. The molecule has 0 saturated carbocycles. The summed E-state index contributed by atoms with van der Waals surface area (Å²) in [7, 11) is 0. The molecule has 7 heteroatoms. The molecule has 0 spiro atoms. The fourth-order valence-electron chi connectivity index (χ4n) is 2.83. The van der Waals surface area contributed by atoms with Crippen LogP contribution in [0.25, 0.3) is 0 Å². The third kappa shape index (κ3) is 6.26. The predicted octanol–water partition coefficient (Wildman–Crippen LogP) is 2.72. The average molecular weight is 364 g/mol. The van der Waals surface area contributed by atoms with E-state index in [1.165, 1.54) is 6.07 Å². The maximum atomic E-state index is 13.9. The van der Waals surface area contributed by atoms with Crippen molar-refractivity contribution in [1.29, 1.82) is 0 Å². The van der Waals surface area contributed by atoms with Crippen LogP contribution in [0.3, 0.4) is 0 Å². The minimum Gasteiger partial charge on any atom is -0.354 e. The van der Waals surface area contributed by atoms with E-state index in [-0.39, 0.29) is 30.2 Å². The van der Waals surface area contributed by atoms with Crippen molar-refractivity contribution in [2.45, 2.75) is 38.3 Å². The van der Waals surface area contributed by atoms with Crippen LogP contribution in [0.5, 0.6) is 0 Å². The van der Waals surface area contributed by atoms with E-state index < -0.39 is 0 Å². The molecule has 1 fully saturated rings. The first-order chi connectivity index (χ1) is 10.6. The summed E-state index contributed by atoms with van der Waals surface area (Å²) in [6, 6.07) is 4.87. The Morgan fingerprint density at radius 1 is 1.43 bits per heavy atom. The third-order valence-electron chi connectivity index (χ3n) is 4.04. The Balaban J connectivity index is 0.00000264. The molecule has 1 heterocycles. The van der Waals surface area contributed by atoms with Crippen molar-refractivity contribution in [2.75, 3.05) is 19.6 Å². The molecule has 0 radical (unpaired) electrons. The highest BCUT2D eigenvalue weighted by atomic mass is 35.5. The van der Waals surface area contributed by atoms with Crippen LogP contribution in [0.4, 0.5) is 4.39 Å². The number of piperidine rings is 1. The molecular formula is C16H24Cl2FN3O. The SMILES string of the molecule is Cl.NCCC(=O)NCC1CCCCN1Cc1cc(Cl)ccc1F. The van der Waals surface area contributed by atoms with Gasteiger partial charge in [-0.15, -0.1) is 12.4 Å². The van der Waals surface area contributed by atoms with Crippen molar-refractivity contribution in [3.05, 3.63) is 34.6 Å². The van der Waals surface area contributed by atoms with Gasteiger partial charge in [0.15, 0.2) is 0 Å². The molecule has 0 aliphatic carbocycles. The van der Waals surface area contributed by atoms with Gasteiger partial charge in [0, 0.05) is 42.7 Å². The topological polar surface area (TPSA) is 58.4 Å². The minimum absolute atomic E-state index is 0. The number of hydrogen-bond donors (Lipinski definition) is 2. The van der Waals surface area contributed by atoms with E-state index >= 15 is 0 Å². The zero-order valence-electron chi connectivity index (χ0n) is 13.1. The van der Waals surface area contributed by atoms with E-state index in [0.717, 1.165) is 25.8 Å². The van der Waals surface area contributed by atoms with Crippen LogP contribution in [-0.2, 0) is 11.3 Å². The van der Waals surface area contributed by atoms with E-state index in [1.807, 2.05) is 0 Å². The molecule has 0 aromatic heterocycles. The van der Waals surface area contributed by atoms with E-state index in [9.17, 15) is 9.18 Å². The second-order valence-corrected chi connectivity index (χ2v) is 6.14. The third-order valence-corrected chi connectivity index (χ3v) is 4.27. The standard InChI is InChI=1S/C16H23ClFN3O.ClH/c17-13-4-5-15(18)12(9-13)11-21-8-2-1-3-14(21)10-20-16(22)6-7-19;/h4-5,9,14H,1-3,6-8,10-11,19H2,(H,20,22);1H. The smallest absolute Gasteiger partial charge is 0.221 e. The fourth-order valence-corrected chi connectivity index (χ4v) is 3.03. The molecular weight excluding hydrogens is 340 g/mol. The van der Waals surface area contributed by atoms with Gasteiger partial charge >= 0.3 is 0 Å². The molecule has 1 aliphatic heterocycles. The lowest BCUT2D eigenvalue weighted by Gasteiger charge is -2.36. The zero-order chi connectivity index (χ0) is 15.9. The van der Waals surface area contributed by atoms with Crippen LogP contribution in [0, 0.1) is 5.82 Å². The van der Waals surface area contributed by atoms with Crippen LogP contribution < -0.4 is 11.1 Å². The fraction of sp³-hybridized carbons (Fsp3) is 0.562. The lowest BCUT2D eigenvalue weighted by Crippen LogP contribution is -2.46. The van der Waals surface area contributed by atoms with E-state index in [4.69, 9.17) is 17.3 Å². The molecule has 2 rings (SSSR count). The summed E-state index contributed by atoms with van der Waals surface area (Å²) < 4.78 is 13.9. The van der Waals surface area contributed by atoms with Gasteiger partial charge in [-0.1, -0.05) is 18.0 Å². The van der Waals surface area contributed by atoms with Crippen molar-refractivity contribution in [2.24, 2.45) is 5.73 Å². The Morgan fingerprint density at radius 2 is 2.22 bits per heavy atom. The lowest BCUT2D eigenvalue weighted by atomic mass is 10.0. The Kier molecular flexibility index (Phi) is 8.84. The number of halogens is 3. The molecule has 4 nitrogen and oxygen atoms in total. The molecule has 130 valence electrons. The molecule has 3 N–H and O–H groups in total. The van der Waals surface area contributed by atoms with E-state index in [0.29, 0.717) is 36.6 Å². The van der Waals surface area contributed by atoms with Crippen LogP contribution >= 0.6 is 24.0 Å². The van der Waals surface area contributed by atoms with E-state index in [2.05, 4.69) is 10.2 Å². The average Bonchev–Trinajstić information content (AvgIpc) is 2.50. The number of rotatable bonds is 6. The molecule has 0 bridgehead atoms. The van der Waals surface area contributed by atoms with Crippen molar-refractivity contribution >= 4 is 29.9 Å². The predicted molar refractivity (Wildman–Crippen MR) is 93.4 cm³/mol. The number of benzene rings is 1. The maximum Gasteiger partial charge on any atom is 0.221 e. The van der Waals surface area contributed by atoms with Crippen LogP contribution in [0.2, 0.25) is 5.02 Å². The number of carbonyl (C=O) groups excluding carboxylic acids is 1.